The van der Waals surface area contributed by atoms with Crippen molar-refractivity contribution in [3.05, 3.63) is 66.2 Å². The van der Waals surface area contributed by atoms with Crippen molar-refractivity contribution in [2.45, 2.75) is 32.4 Å². The van der Waals surface area contributed by atoms with E-state index in [1.807, 2.05) is 36.9 Å². The molecule has 0 aliphatic carbocycles. The molecule has 4 rings (SSSR count). The Morgan fingerprint density at radius 1 is 1.04 bits per heavy atom. The fourth-order valence-electron chi connectivity index (χ4n) is 3.47. The maximum absolute atomic E-state index is 6.33. The van der Waals surface area contributed by atoms with Crippen LogP contribution in [0.4, 0.5) is 0 Å². The molecule has 128 valence electrons. The normalized spacial score (nSPS) is 16.2. The summed E-state index contributed by atoms with van der Waals surface area (Å²) in [6.45, 7) is 5.22. The third-order valence-corrected chi connectivity index (χ3v) is 4.89. The summed E-state index contributed by atoms with van der Waals surface area (Å²) in [5.74, 6) is 1.00. The van der Waals surface area contributed by atoms with E-state index in [-0.39, 0.29) is 0 Å². The Morgan fingerprint density at radius 2 is 1.88 bits per heavy atom. The Labute approximate surface area is 148 Å². The van der Waals surface area contributed by atoms with E-state index in [1.54, 1.807) is 0 Å². The zero-order chi connectivity index (χ0) is 17.1. The smallest absolute Gasteiger partial charge is 0.123 e. The number of likely N-dealkylation sites (tertiary alicyclic amines) is 1. The molecule has 4 heteroatoms. The van der Waals surface area contributed by atoms with Gasteiger partial charge in [0.2, 0.25) is 0 Å². The first kappa shape index (κ1) is 16.0. The number of nitrogens with zero attached hydrogens (tertiary/aromatic N) is 3. The van der Waals surface area contributed by atoms with Crippen molar-refractivity contribution in [1.82, 2.24) is 14.9 Å². The van der Waals surface area contributed by atoms with Crippen LogP contribution in [-0.2, 0) is 6.54 Å². The van der Waals surface area contributed by atoms with Gasteiger partial charge >= 0.3 is 0 Å². The molecule has 0 unspecified atom stereocenters. The summed E-state index contributed by atoms with van der Waals surface area (Å²) in [5.41, 5.74) is 2.46. The van der Waals surface area contributed by atoms with E-state index in [4.69, 9.17) is 4.74 Å². The van der Waals surface area contributed by atoms with Gasteiger partial charge in [-0.2, -0.15) is 0 Å². The molecular formula is C21H23N3O. The van der Waals surface area contributed by atoms with Crippen molar-refractivity contribution in [2.24, 2.45) is 0 Å². The highest BCUT2D eigenvalue weighted by Crippen LogP contribution is 2.27. The number of piperidine rings is 1. The van der Waals surface area contributed by atoms with Crippen molar-refractivity contribution in [2.75, 3.05) is 13.1 Å². The Morgan fingerprint density at radius 3 is 2.68 bits per heavy atom. The Bertz CT molecular complexity index is 842. The van der Waals surface area contributed by atoms with Crippen molar-refractivity contribution in [3.8, 4) is 5.75 Å². The van der Waals surface area contributed by atoms with Crippen molar-refractivity contribution in [1.29, 1.82) is 0 Å². The summed E-state index contributed by atoms with van der Waals surface area (Å²) < 4.78 is 6.33. The summed E-state index contributed by atoms with van der Waals surface area (Å²) in [6.07, 6.45) is 9.94. The van der Waals surface area contributed by atoms with Gasteiger partial charge in [0, 0.05) is 49.8 Å². The SMILES string of the molecule is Cc1cc2cnccc2cc1OC1CCN(Cc2cccnc2)CC1. The molecule has 0 spiro atoms. The molecule has 1 saturated heterocycles. The second kappa shape index (κ2) is 7.19. The summed E-state index contributed by atoms with van der Waals surface area (Å²) in [7, 11) is 0. The average Bonchev–Trinajstić information content (AvgIpc) is 2.65. The molecule has 0 atom stereocenters. The number of aryl methyl sites for hydroxylation is 1. The van der Waals surface area contributed by atoms with Gasteiger partial charge in [-0.25, -0.2) is 0 Å². The minimum atomic E-state index is 0.295. The Kier molecular flexibility index (Phi) is 4.61. The highest BCUT2D eigenvalue weighted by atomic mass is 16.5. The lowest BCUT2D eigenvalue weighted by atomic mass is 10.1. The minimum Gasteiger partial charge on any atom is -0.490 e. The molecule has 0 amide bonds. The third-order valence-electron chi connectivity index (χ3n) is 4.89. The predicted octanol–water partition coefficient (Wildman–Crippen LogP) is 3.98. The zero-order valence-electron chi connectivity index (χ0n) is 14.6. The van der Waals surface area contributed by atoms with Crippen LogP contribution in [0.25, 0.3) is 10.8 Å². The fraction of sp³-hybridized carbons (Fsp3) is 0.333. The second-order valence-electron chi connectivity index (χ2n) is 6.80. The fourth-order valence-corrected chi connectivity index (χ4v) is 3.47. The van der Waals surface area contributed by atoms with Crippen LogP contribution in [0.1, 0.15) is 24.0 Å². The summed E-state index contributed by atoms with van der Waals surface area (Å²) in [4.78, 5) is 10.9. The molecule has 1 aromatic carbocycles. The molecule has 0 saturated carbocycles. The number of aromatic nitrogens is 2. The lowest BCUT2D eigenvalue weighted by Gasteiger charge is -2.32. The average molecular weight is 333 g/mol. The van der Waals surface area contributed by atoms with E-state index in [2.05, 4.69) is 40.0 Å². The molecule has 3 heterocycles. The zero-order valence-corrected chi connectivity index (χ0v) is 14.6. The van der Waals surface area contributed by atoms with Gasteiger partial charge in [0.15, 0.2) is 0 Å². The first-order chi connectivity index (χ1) is 12.3. The van der Waals surface area contributed by atoms with Crippen LogP contribution in [0.3, 0.4) is 0 Å². The van der Waals surface area contributed by atoms with Gasteiger partial charge in [-0.1, -0.05) is 6.07 Å². The van der Waals surface area contributed by atoms with Crippen LogP contribution in [0, 0.1) is 6.92 Å². The molecule has 0 N–H and O–H groups in total. The van der Waals surface area contributed by atoms with Gasteiger partial charge < -0.3 is 4.74 Å². The molecule has 0 bridgehead atoms. The van der Waals surface area contributed by atoms with E-state index >= 15 is 0 Å². The van der Waals surface area contributed by atoms with Gasteiger partial charge in [-0.3, -0.25) is 14.9 Å². The molecule has 2 aromatic heterocycles. The Hall–Kier alpha value is -2.46. The summed E-state index contributed by atoms with van der Waals surface area (Å²) >= 11 is 0. The van der Waals surface area contributed by atoms with Gasteiger partial charge in [0.1, 0.15) is 11.9 Å². The maximum atomic E-state index is 6.33. The highest BCUT2D eigenvalue weighted by molar-refractivity contribution is 5.84. The quantitative estimate of drug-likeness (QED) is 0.724. The molecular weight excluding hydrogens is 310 g/mol. The predicted molar refractivity (Wildman–Crippen MR) is 99.6 cm³/mol. The van der Waals surface area contributed by atoms with Crippen molar-refractivity contribution >= 4 is 10.8 Å². The van der Waals surface area contributed by atoms with Crippen LogP contribution in [0.2, 0.25) is 0 Å². The largest absolute Gasteiger partial charge is 0.490 e. The second-order valence-corrected chi connectivity index (χ2v) is 6.80. The van der Waals surface area contributed by atoms with E-state index in [0.29, 0.717) is 6.10 Å². The van der Waals surface area contributed by atoms with Gasteiger partial charge in [-0.05, 0) is 60.5 Å². The standard InChI is InChI=1S/C21H23N3O/c1-16-11-19-14-23-8-4-18(19)12-21(16)25-20-5-9-24(10-6-20)15-17-3-2-7-22-13-17/h2-4,7-8,11-14,20H,5-6,9-10,15H2,1H3. The first-order valence-electron chi connectivity index (χ1n) is 8.90. The number of fused-ring (bicyclic) bond motifs is 1. The maximum Gasteiger partial charge on any atom is 0.123 e. The molecule has 25 heavy (non-hydrogen) atoms. The number of hydrogen-bond acceptors (Lipinski definition) is 4. The number of hydrogen-bond donors (Lipinski definition) is 0. The molecule has 1 aliphatic rings. The Balaban J connectivity index is 1.38. The highest BCUT2D eigenvalue weighted by Gasteiger charge is 2.21. The molecule has 4 nitrogen and oxygen atoms in total. The van der Waals surface area contributed by atoms with E-state index in [1.165, 1.54) is 21.9 Å². The van der Waals surface area contributed by atoms with Gasteiger partial charge in [0.05, 0.1) is 0 Å². The summed E-state index contributed by atoms with van der Waals surface area (Å²) in [6, 6.07) is 10.5. The lowest BCUT2D eigenvalue weighted by Crippen LogP contribution is -2.37. The van der Waals surface area contributed by atoms with Gasteiger partial charge in [0.25, 0.3) is 0 Å². The lowest BCUT2D eigenvalue weighted by molar-refractivity contribution is 0.0963. The van der Waals surface area contributed by atoms with Crippen LogP contribution in [0.5, 0.6) is 5.75 Å². The van der Waals surface area contributed by atoms with Crippen LogP contribution in [0.15, 0.2) is 55.1 Å². The topological polar surface area (TPSA) is 38.2 Å². The number of rotatable bonds is 4. The van der Waals surface area contributed by atoms with Crippen molar-refractivity contribution < 1.29 is 4.74 Å². The van der Waals surface area contributed by atoms with Crippen LogP contribution in [-0.4, -0.2) is 34.1 Å². The molecule has 0 radical (unpaired) electrons. The van der Waals surface area contributed by atoms with E-state index in [9.17, 15) is 0 Å². The number of benzene rings is 1. The number of ether oxygens (including phenoxy) is 1. The molecule has 1 aliphatic heterocycles. The van der Waals surface area contributed by atoms with Crippen LogP contribution < -0.4 is 4.74 Å². The van der Waals surface area contributed by atoms with E-state index < -0.39 is 0 Å². The third kappa shape index (κ3) is 3.80. The first-order valence-corrected chi connectivity index (χ1v) is 8.90. The summed E-state index contributed by atoms with van der Waals surface area (Å²) in [5, 5.41) is 2.35. The van der Waals surface area contributed by atoms with E-state index in [0.717, 1.165) is 38.2 Å². The minimum absolute atomic E-state index is 0.295. The molecule has 3 aromatic rings. The van der Waals surface area contributed by atoms with Gasteiger partial charge in [-0.15, -0.1) is 0 Å². The molecule has 1 fully saturated rings. The number of pyridine rings is 2. The monoisotopic (exact) mass is 333 g/mol. The van der Waals surface area contributed by atoms with Crippen molar-refractivity contribution in [3.63, 3.8) is 0 Å². The van der Waals surface area contributed by atoms with Crippen LogP contribution >= 0.6 is 0 Å².